The molecule has 0 radical (unpaired) electrons. The SMILES string of the molecule is Cc1nn(C)c2ncc(C(=O)O)c(N(C)CC(C)C#N)c12. The number of nitrogens with zero attached hydrogens (tertiary/aromatic N) is 5. The number of carboxylic acids is 1. The van der Waals surface area contributed by atoms with E-state index in [-0.39, 0.29) is 11.5 Å². The lowest BCUT2D eigenvalue weighted by Gasteiger charge is -2.23. The first kappa shape index (κ1) is 14.8. The van der Waals surface area contributed by atoms with Crippen molar-refractivity contribution in [1.29, 1.82) is 5.26 Å². The summed E-state index contributed by atoms with van der Waals surface area (Å²) >= 11 is 0. The second-order valence-electron chi connectivity index (χ2n) is 5.14. The molecule has 0 bridgehead atoms. The Bertz CT molecular complexity index is 744. The van der Waals surface area contributed by atoms with Crippen molar-refractivity contribution in [2.75, 3.05) is 18.5 Å². The number of hydrogen-bond acceptors (Lipinski definition) is 5. The van der Waals surface area contributed by atoms with Gasteiger partial charge in [-0.15, -0.1) is 0 Å². The Balaban J connectivity index is 2.70. The highest BCUT2D eigenvalue weighted by molar-refractivity contribution is 6.04. The van der Waals surface area contributed by atoms with Crippen LogP contribution in [0.2, 0.25) is 0 Å². The lowest BCUT2D eigenvalue weighted by atomic mass is 10.1. The lowest BCUT2D eigenvalue weighted by molar-refractivity contribution is 0.0697. The van der Waals surface area contributed by atoms with Gasteiger partial charge in [0.2, 0.25) is 0 Å². The van der Waals surface area contributed by atoms with Crippen LogP contribution in [0.25, 0.3) is 11.0 Å². The molecule has 21 heavy (non-hydrogen) atoms. The fourth-order valence-electron chi connectivity index (χ4n) is 2.49. The number of rotatable bonds is 4. The Labute approximate surface area is 122 Å². The van der Waals surface area contributed by atoms with Crippen LogP contribution in [0.15, 0.2) is 6.20 Å². The standard InChI is InChI=1S/C14H17N5O2/c1-8(5-15)7-18(3)12-10(14(20)21)6-16-13-11(12)9(2)17-19(13)4/h6,8H,7H2,1-4H3,(H,20,21). The molecule has 2 aromatic heterocycles. The van der Waals surface area contributed by atoms with Gasteiger partial charge in [0.15, 0.2) is 5.65 Å². The number of anilines is 1. The molecule has 1 unspecified atom stereocenters. The van der Waals surface area contributed by atoms with Gasteiger partial charge in [0.25, 0.3) is 0 Å². The van der Waals surface area contributed by atoms with E-state index < -0.39 is 5.97 Å². The van der Waals surface area contributed by atoms with Crippen LogP contribution in [-0.4, -0.2) is 39.4 Å². The molecule has 0 fully saturated rings. The predicted molar refractivity (Wildman–Crippen MR) is 78.3 cm³/mol. The highest BCUT2D eigenvalue weighted by Gasteiger charge is 2.22. The summed E-state index contributed by atoms with van der Waals surface area (Å²) in [6, 6.07) is 2.16. The maximum absolute atomic E-state index is 11.5. The molecule has 0 aliphatic carbocycles. The van der Waals surface area contributed by atoms with Gasteiger partial charge >= 0.3 is 5.97 Å². The molecule has 0 aliphatic rings. The van der Waals surface area contributed by atoms with Crippen molar-refractivity contribution in [3.05, 3.63) is 17.5 Å². The fraction of sp³-hybridized carbons (Fsp3) is 0.429. The Morgan fingerprint density at radius 3 is 2.86 bits per heavy atom. The third-order valence-corrected chi connectivity index (χ3v) is 3.38. The highest BCUT2D eigenvalue weighted by Crippen LogP contribution is 2.31. The summed E-state index contributed by atoms with van der Waals surface area (Å²) in [5.41, 5.74) is 2.02. The van der Waals surface area contributed by atoms with E-state index in [0.717, 1.165) is 5.69 Å². The molecule has 2 aromatic rings. The van der Waals surface area contributed by atoms with Gasteiger partial charge in [-0.2, -0.15) is 10.4 Å². The molecule has 0 aromatic carbocycles. The first-order valence-electron chi connectivity index (χ1n) is 6.53. The summed E-state index contributed by atoms with van der Waals surface area (Å²) in [5.74, 6) is -1.25. The molecule has 1 N–H and O–H groups in total. The maximum Gasteiger partial charge on any atom is 0.339 e. The van der Waals surface area contributed by atoms with E-state index in [1.54, 1.807) is 30.6 Å². The molecular weight excluding hydrogens is 270 g/mol. The molecule has 110 valence electrons. The van der Waals surface area contributed by atoms with E-state index in [9.17, 15) is 9.90 Å². The van der Waals surface area contributed by atoms with Crippen LogP contribution in [0.3, 0.4) is 0 Å². The summed E-state index contributed by atoms with van der Waals surface area (Å²) in [6.07, 6.45) is 1.34. The summed E-state index contributed by atoms with van der Waals surface area (Å²) in [4.78, 5) is 17.5. The van der Waals surface area contributed by atoms with E-state index in [1.165, 1.54) is 6.20 Å². The molecule has 0 saturated heterocycles. The van der Waals surface area contributed by atoms with Crippen LogP contribution >= 0.6 is 0 Å². The number of hydrogen-bond donors (Lipinski definition) is 1. The number of nitriles is 1. The first-order valence-corrected chi connectivity index (χ1v) is 6.53. The van der Waals surface area contributed by atoms with Crippen LogP contribution in [0.1, 0.15) is 23.0 Å². The second-order valence-corrected chi connectivity index (χ2v) is 5.14. The van der Waals surface area contributed by atoms with Crippen molar-refractivity contribution in [2.24, 2.45) is 13.0 Å². The third-order valence-electron chi connectivity index (χ3n) is 3.38. The molecule has 7 nitrogen and oxygen atoms in total. The van der Waals surface area contributed by atoms with Crippen LogP contribution in [0.5, 0.6) is 0 Å². The smallest absolute Gasteiger partial charge is 0.339 e. The largest absolute Gasteiger partial charge is 0.478 e. The van der Waals surface area contributed by atoms with Gasteiger partial charge in [-0.25, -0.2) is 9.78 Å². The molecule has 2 heterocycles. The molecule has 2 rings (SSSR count). The fourth-order valence-corrected chi connectivity index (χ4v) is 2.49. The minimum absolute atomic E-state index is 0.117. The monoisotopic (exact) mass is 287 g/mol. The summed E-state index contributed by atoms with van der Waals surface area (Å²) in [6.45, 7) is 4.05. The summed E-state index contributed by atoms with van der Waals surface area (Å²) in [7, 11) is 3.55. The number of pyridine rings is 1. The number of aromatic carboxylic acids is 1. The predicted octanol–water partition coefficient (Wildman–Crippen LogP) is 1.57. The van der Waals surface area contributed by atoms with Gasteiger partial charge in [-0.05, 0) is 13.8 Å². The Hall–Kier alpha value is -2.62. The van der Waals surface area contributed by atoms with E-state index in [0.29, 0.717) is 23.3 Å². The molecule has 7 heteroatoms. The van der Waals surface area contributed by atoms with Crippen molar-refractivity contribution in [3.8, 4) is 6.07 Å². The van der Waals surface area contributed by atoms with Crippen molar-refractivity contribution >= 4 is 22.7 Å². The van der Waals surface area contributed by atoms with Crippen molar-refractivity contribution in [2.45, 2.75) is 13.8 Å². The van der Waals surface area contributed by atoms with E-state index in [4.69, 9.17) is 5.26 Å². The van der Waals surface area contributed by atoms with E-state index >= 15 is 0 Å². The van der Waals surface area contributed by atoms with Crippen molar-refractivity contribution < 1.29 is 9.90 Å². The van der Waals surface area contributed by atoms with Crippen LogP contribution in [0, 0.1) is 24.2 Å². The normalized spacial score (nSPS) is 12.1. The van der Waals surface area contributed by atoms with Crippen LogP contribution in [0.4, 0.5) is 5.69 Å². The van der Waals surface area contributed by atoms with Gasteiger partial charge in [-0.1, -0.05) is 0 Å². The van der Waals surface area contributed by atoms with Gasteiger partial charge in [-0.3, -0.25) is 4.68 Å². The average Bonchev–Trinajstić information content (AvgIpc) is 2.72. The number of aromatic nitrogens is 3. The minimum atomic E-state index is -1.04. The second kappa shape index (κ2) is 5.40. The number of carbonyl (C=O) groups is 1. The Morgan fingerprint density at radius 2 is 2.29 bits per heavy atom. The van der Waals surface area contributed by atoms with Crippen LogP contribution in [-0.2, 0) is 7.05 Å². The average molecular weight is 287 g/mol. The van der Waals surface area contributed by atoms with Gasteiger partial charge in [0.1, 0.15) is 5.56 Å². The van der Waals surface area contributed by atoms with Gasteiger partial charge in [0.05, 0.1) is 28.8 Å². The maximum atomic E-state index is 11.5. The van der Waals surface area contributed by atoms with Crippen LogP contribution < -0.4 is 4.90 Å². The quantitative estimate of drug-likeness (QED) is 0.917. The zero-order chi connectivity index (χ0) is 15.7. The topological polar surface area (TPSA) is 95.0 Å². The van der Waals surface area contributed by atoms with Crippen molar-refractivity contribution in [1.82, 2.24) is 14.8 Å². The van der Waals surface area contributed by atoms with E-state index in [1.807, 2.05) is 6.92 Å². The molecule has 0 saturated carbocycles. The lowest BCUT2D eigenvalue weighted by Crippen LogP contribution is -2.25. The number of aryl methyl sites for hydroxylation is 2. The zero-order valence-electron chi connectivity index (χ0n) is 12.5. The molecule has 0 amide bonds. The van der Waals surface area contributed by atoms with Gasteiger partial charge in [0, 0.05) is 26.8 Å². The van der Waals surface area contributed by atoms with E-state index in [2.05, 4.69) is 16.2 Å². The summed E-state index contributed by atoms with van der Waals surface area (Å²) in [5, 5.41) is 23.4. The number of fused-ring (bicyclic) bond motifs is 1. The number of carboxylic acid groups (broad SMARTS) is 1. The first-order chi connectivity index (χ1) is 9.86. The molecular formula is C14H17N5O2. The Kier molecular flexibility index (Phi) is 3.80. The highest BCUT2D eigenvalue weighted by atomic mass is 16.4. The molecule has 0 aliphatic heterocycles. The minimum Gasteiger partial charge on any atom is -0.478 e. The third kappa shape index (κ3) is 2.52. The molecule has 0 spiro atoms. The Morgan fingerprint density at radius 1 is 1.62 bits per heavy atom. The van der Waals surface area contributed by atoms with Gasteiger partial charge < -0.3 is 10.0 Å². The zero-order valence-corrected chi connectivity index (χ0v) is 12.5. The van der Waals surface area contributed by atoms with Crippen molar-refractivity contribution in [3.63, 3.8) is 0 Å². The summed E-state index contributed by atoms with van der Waals surface area (Å²) < 4.78 is 1.63. The molecule has 1 atom stereocenters.